The molecule has 0 aliphatic rings. The Hall–Kier alpha value is 0.860. The van der Waals surface area contributed by atoms with Crippen molar-refractivity contribution in [1.29, 1.82) is 0 Å². The summed E-state index contributed by atoms with van der Waals surface area (Å²) in [5.74, 6) is 0. The minimum atomic E-state index is -4.33. The van der Waals surface area contributed by atoms with Crippen LogP contribution in [0.25, 0.3) is 0 Å². The van der Waals surface area contributed by atoms with Gasteiger partial charge in [0.2, 0.25) is 0 Å². The summed E-state index contributed by atoms with van der Waals surface area (Å²) in [6.45, 7) is 2.12. The van der Waals surface area contributed by atoms with Crippen LogP contribution in [0.4, 0.5) is 0 Å². The first kappa shape index (κ1) is 17.9. The fraction of sp³-hybridized carbons (Fsp3) is 0.455. The number of rotatable bonds is 5. The van der Waals surface area contributed by atoms with E-state index in [9.17, 15) is 13.0 Å². The largest absolute Gasteiger partial charge is 1.00 e. The third-order valence-electron chi connectivity index (χ3n) is 2.25. The predicted molar refractivity (Wildman–Crippen MR) is 70.8 cm³/mol. The molecular weight excluding hydrogens is 362 g/mol. The van der Waals surface area contributed by atoms with Crippen molar-refractivity contribution in [2.75, 3.05) is 0 Å². The van der Waals surface area contributed by atoms with E-state index in [0.717, 1.165) is 24.8 Å². The van der Waals surface area contributed by atoms with E-state index in [1.165, 1.54) is 12.1 Å². The van der Waals surface area contributed by atoms with Gasteiger partial charge < -0.3 is 4.55 Å². The van der Waals surface area contributed by atoms with Crippen molar-refractivity contribution in [3.8, 4) is 0 Å². The summed E-state index contributed by atoms with van der Waals surface area (Å²) < 4.78 is 33.0. The van der Waals surface area contributed by atoms with E-state index in [1.54, 1.807) is 6.07 Å². The first-order valence-corrected chi connectivity index (χ1v) is 7.77. The molecule has 0 spiro atoms. The average Bonchev–Trinajstić information content (AvgIpc) is 2.17. The fourth-order valence-corrected chi connectivity index (χ4v) is 3.17. The molecule has 0 radical (unpaired) electrons. The molecule has 0 fully saturated rings. The number of halogens is 1. The molecule has 0 N–H and O–H groups in total. The predicted octanol–water partition coefficient (Wildman–Crippen LogP) is -0.259. The molecule has 1 atom stereocenters. The maximum Gasteiger partial charge on any atom is 1.00 e. The van der Waals surface area contributed by atoms with E-state index in [1.807, 2.05) is 6.07 Å². The van der Waals surface area contributed by atoms with Crippen LogP contribution in [0.2, 0.25) is 0 Å². The summed E-state index contributed by atoms with van der Waals surface area (Å²) in [5.41, 5.74) is 0.907. The second kappa shape index (κ2) is 8.12. The summed E-state index contributed by atoms with van der Waals surface area (Å²) in [4.78, 5) is -0.134. The Kier molecular flexibility index (Phi) is 8.53. The van der Waals surface area contributed by atoms with Crippen LogP contribution in [0.3, 0.4) is 0 Å². The van der Waals surface area contributed by atoms with E-state index >= 15 is 0 Å². The maximum absolute atomic E-state index is 10.8. The number of hydrogen-bond acceptors (Lipinski definition) is 3. The molecule has 0 aromatic heterocycles. The molecule has 0 amide bonds. The van der Waals surface area contributed by atoms with Crippen LogP contribution in [0.5, 0.6) is 0 Å². The van der Waals surface area contributed by atoms with E-state index in [2.05, 4.69) is 29.5 Å². The van der Waals surface area contributed by atoms with Crippen molar-refractivity contribution in [1.82, 2.24) is 0 Å². The van der Waals surface area contributed by atoms with Gasteiger partial charge in [-0.3, -0.25) is 0 Å². The zero-order chi connectivity index (χ0) is 12.2. The first-order valence-electron chi connectivity index (χ1n) is 5.12. The molecule has 0 saturated heterocycles. The van der Waals surface area contributed by atoms with Gasteiger partial charge in [0.1, 0.15) is 10.1 Å². The number of hydrogen-bond donors (Lipinski definition) is 0. The molecule has 6 heteroatoms. The summed E-state index contributed by atoms with van der Waals surface area (Å²) in [6, 6.07) is 6.29. The van der Waals surface area contributed by atoms with Crippen LogP contribution in [0.1, 0.15) is 25.3 Å². The molecule has 0 heterocycles. The molecule has 1 aromatic carbocycles. The zero-order valence-electron chi connectivity index (χ0n) is 10.0. The standard InChI is InChI=1S/C11H15IO3S.Na/c1-2-4-10(12)7-9-5-3-6-11(8-9)16(13,14)15;/h3,5-6,8,10H,2,4,7H2,1H3,(H,13,14,15);/q;+1/p-1. The SMILES string of the molecule is CCCC(I)Cc1cccc(S(=O)(=O)[O-])c1.[Na+]. The average molecular weight is 376 g/mol. The third kappa shape index (κ3) is 6.54. The van der Waals surface area contributed by atoms with Crippen LogP contribution in [-0.2, 0) is 16.5 Å². The second-order valence-electron chi connectivity index (χ2n) is 3.69. The van der Waals surface area contributed by atoms with E-state index < -0.39 is 10.1 Å². The van der Waals surface area contributed by atoms with Gasteiger partial charge in [0.25, 0.3) is 0 Å². The third-order valence-corrected chi connectivity index (χ3v) is 4.14. The van der Waals surface area contributed by atoms with Gasteiger partial charge in [-0.2, -0.15) is 0 Å². The minimum absolute atomic E-state index is 0. The van der Waals surface area contributed by atoms with E-state index in [-0.39, 0.29) is 34.5 Å². The molecule has 0 aliphatic carbocycles. The molecule has 1 unspecified atom stereocenters. The molecule has 0 aliphatic heterocycles. The topological polar surface area (TPSA) is 57.2 Å². The van der Waals surface area contributed by atoms with E-state index in [0.29, 0.717) is 3.92 Å². The Morgan fingerprint density at radius 1 is 1.41 bits per heavy atom. The molecule has 1 rings (SSSR count). The Labute approximate surface area is 139 Å². The van der Waals surface area contributed by atoms with Crippen molar-refractivity contribution in [2.45, 2.75) is 35.0 Å². The zero-order valence-corrected chi connectivity index (χ0v) is 15.0. The fourth-order valence-electron chi connectivity index (χ4n) is 1.50. The molecule has 0 bridgehead atoms. The van der Waals surface area contributed by atoms with Crippen molar-refractivity contribution in [3.63, 3.8) is 0 Å². The second-order valence-corrected chi connectivity index (χ2v) is 6.83. The van der Waals surface area contributed by atoms with E-state index in [4.69, 9.17) is 0 Å². The van der Waals surface area contributed by atoms with Gasteiger partial charge in [0.15, 0.2) is 0 Å². The molecule has 3 nitrogen and oxygen atoms in total. The van der Waals surface area contributed by atoms with Gasteiger partial charge in [-0.15, -0.1) is 0 Å². The van der Waals surface area contributed by atoms with Gasteiger partial charge in [-0.25, -0.2) is 8.42 Å². The normalized spacial score (nSPS) is 12.9. The van der Waals surface area contributed by atoms with Crippen molar-refractivity contribution >= 4 is 32.7 Å². The number of alkyl halides is 1. The minimum Gasteiger partial charge on any atom is -0.744 e. The van der Waals surface area contributed by atoms with Crippen LogP contribution in [0.15, 0.2) is 29.2 Å². The summed E-state index contributed by atoms with van der Waals surface area (Å²) >= 11 is 2.35. The van der Waals surface area contributed by atoms with Gasteiger partial charge in [-0.1, -0.05) is 48.1 Å². The van der Waals surface area contributed by atoms with Gasteiger partial charge in [0.05, 0.1) is 4.90 Å². The quantitative estimate of drug-likeness (QED) is 0.308. The van der Waals surface area contributed by atoms with Crippen molar-refractivity contribution < 1.29 is 42.5 Å². The maximum atomic E-state index is 10.8. The Bertz CT molecular complexity index is 448. The van der Waals surface area contributed by atoms with Gasteiger partial charge >= 0.3 is 29.6 Å². The van der Waals surface area contributed by atoms with Crippen LogP contribution >= 0.6 is 22.6 Å². The number of benzene rings is 1. The summed E-state index contributed by atoms with van der Waals surface area (Å²) in [7, 11) is -4.33. The Morgan fingerprint density at radius 2 is 2.06 bits per heavy atom. The first-order chi connectivity index (χ1) is 7.43. The van der Waals surface area contributed by atoms with Gasteiger partial charge in [0, 0.05) is 3.92 Å². The Morgan fingerprint density at radius 3 is 2.59 bits per heavy atom. The van der Waals surface area contributed by atoms with Crippen LogP contribution in [-0.4, -0.2) is 16.9 Å². The summed E-state index contributed by atoms with van der Waals surface area (Å²) in [6.07, 6.45) is 3.00. The molecule has 1 aromatic rings. The summed E-state index contributed by atoms with van der Waals surface area (Å²) in [5, 5.41) is 0. The molecule has 90 valence electrons. The van der Waals surface area contributed by atoms with Crippen molar-refractivity contribution in [2.24, 2.45) is 0 Å². The molecule has 17 heavy (non-hydrogen) atoms. The smallest absolute Gasteiger partial charge is 0.744 e. The van der Waals surface area contributed by atoms with Gasteiger partial charge in [-0.05, 0) is 30.5 Å². The molecular formula is C11H14INaO3S. The van der Waals surface area contributed by atoms with Crippen LogP contribution < -0.4 is 29.6 Å². The molecule has 0 saturated carbocycles. The van der Waals surface area contributed by atoms with Crippen molar-refractivity contribution in [3.05, 3.63) is 29.8 Å². The monoisotopic (exact) mass is 376 g/mol. The Balaban J connectivity index is 0.00000256. The van der Waals surface area contributed by atoms with Crippen LogP contribution in [0, 0.1) is 0 Å².